The van der Waals surface area contributed by atoms with Crippen LogP contribution in [0.1, 0.15) is 28.9 Å². The van der Waals surface area contributed by atoms with Crippen LogP contribution in [0.25, 0.3) is 10.6 Å². The highest BCUT2D eigenvalue weighted by Crippen LogP contribution is 2.24. The van der Waals surface area contributed by atoms with Crippen molar-refractivity contribution in [2.45, 2.75) is 25.8 Å². The van der Waals surface area contributed by atoms with Crippen LogP contribution in [0.5, 0.6) is 0 Å². The Balaban J connectivity index is 1.60. The smallest absolute Gasteiger partial charge is 0.270 e. The molecule has 0 unspecified atom stereocenters. The number of thiazole rings is 1. The van der Waals surface area contributed by atoms with E-state index in [0.717, 1.165) is 10.6 Å². The maximum Gasteiger partial charge on any atom is 0.270 e. The molecule has 1 amide bonds. The summed E-state index contributed by atoms with van der Waals surface area (Å²) in [6.07, 6.45) is 2.45. The summed E-state index contributed by atoms with van der Waals surface area (Å²) in [5.41, 5.74) is 2.58. The number of nitrogens with zero attached hydrogens (tertiary/aromatic N) is 2. The van der Waals surface area contributed by atoms with Crippen molar-refractivity contribution in [3.05, 3.63) is 40.9 Å². The van der Waals surface area contributed by atoms with Crippen LogP contribution in [0.15, 0.2) is 29.6 Å². The number of piperidine rings is 1. The molecule has 1 aliphatic rings. The number of nitrogens with one attached hydrogen (secondary N) is 1. The van der Waals surface area contributed by atoms with E-state index in [1.807, 2.05) is 31.2 Å². The minimum absolute atomic E-state index is 0.0185. The molecular formula is C17H21N3O3S2. The number of sulfonamides is 1. The van der Waals surface area contributed by atoms with E-state index in [4.69, 9.17) is 0 Å². The highest BCUT2D eigenvalue weighted by molar-refractivity contribution is 7.88. The SMILES string of the molecule is Cc1ccc(-c2nc(C(=O)NC3CCN(S(C)(=O)=O)CC3)cs2)cc1. The van der Waals surface area contributed by atoms with Crippen molar-refractivity contribution in [1.29, 1.82) is 0 Å². The van der Waals surface area contributed by atoms with Gasteiger partial charge in [0.25, 0.3) is 5.91 Å². The molecule has 1 aliphatic heterocycles. The van der Waals surface area contributed by atoms with Crippen molar-refractivity contribution >= 4 is 27.3 Å². The van der Waals surface area contributed by atoms with Crippen LogP contribution in [-0.4, -0.2) is 49.0 Å². The molecule has 1 saturated heterocycles. The maximum atomic E-state index is 12.4. The first kappa shape index (κ1) is 18.0. The van der Waals surface area contributed by atoms with E-state index >= 15 is 0 Å². The molecule has 0 spiro atoms. The fourth-order valence-corrected chi connectivity index (χ4v) is 4.48. The Morgan fingerprint density at radius 2 is 1.88 bits per heavy atom. The number of carbonyl (C=O) groups excluding carboxylic acids is 1. The molecule has 134 valence electrons. The van der Waals surface area contributed by atoms with Gasteiger partial charge in [0, 0.05) is 30.1 Å². The molecule has 3 rings (SSSR count). The number of aromatic nitrogens is 1. The number of hydrogen-bond acceptors (Lipinski definition) is 5. The lowest BCUT2D eigenvalue weighted by Crippen LogP contribution is -2.46. The summed E-state index contributed by atoms with van der Waals surface area (Å²) in [5.74, 6) is -0.201. The monoisotopic (exact) mass is 379 g/mol. The first-order chi connectivity index (χ1) is 11.8. The summed E-state index contributed by atoms with van der Waals surface area (Å²) >= 11 is 1.44. The van der Waals surface area contributed by atoms with Gasteiger partial charge in [0.05, 0.1) is 6.26 Å². The Labute approximate surface area is 151 Å². The summed E-state index contributed by atoms with van der Waals surface area (Å²) in [6.45, 7) is 2.91. The zero-order chi connectivity index (χ0) is 18.0. The summed E-state index contributed by atoms with van der Waals surface area (Å²) in [5, 5.41) is 5.54. The van der Waals surface area contributed by atoms with Gasteiger partial charge in [-0.1, -0.05) is 29.8 Å². The number of aryl methyl sites for hydroxylation is 1. The average Bonchev–Trinajstić information content (AvgIpc) is 3.05. The first-order valence-electron chi connectivity index (χ1n) is 8.11. The minimum Gasteiger partial charge on any atom is -0.348 e. The van der Waals surface area contributed by atoms with E-state index in [0.29, 0.717) is 31.6 Å². The molecule has 0 aliphatic carbocycles. The van der Waals surface area contributed by atoms with Gasteiger partial charge in [-0.05, 0) is 19.8 Å². The Morgan fingerprint density at radius 1 is 1.24 bits per heavy atom. The summed E-state index contributed by atoms with van der Waals surface area (Å²) in [7, 11) is -3.15. The van der Waals surface area contributed by atoms with Crippen molar-refractivity contribution in [2.75, 3.05) is 19.3 Å². The van der Waals surface area contributed by atoms with Crippen LogP contribution < -0.4 is 5.32 Å². The fraction of sp³-hybridized carbons (Fsp3) is 0.412. The van der Waals surface area contributed by atoms with Crippen LogP contribution in [0.3, 0.4) is 0 Å². The molecule has 1 aromatic heterocycles. The van der Waals surface area contributed by atoms with Gasteiger partial charge in [-0.25, -0.2) is 17.7 Å². The zero-order valence-electron chi connectivity index (χ0n) is 14.2. The topological polar surface area (TPSA) is 79.4 Å². The standard InChI is InChI=1S/C17H21N3O3S2/c1-12-3-5-13(6-4-12)17-19-15(11-24-17)16(21)18-14-7-9-20(10-8-14)25(2,22)23/h3-6,11,14H,7-10H2,1-2H3,(H,18,21). The van der Waals surface area contributed by atoms with Crippen molar-refractivity contribution < 1.29 is 13.2 Å². The van der Waals surface area contributed by atoms with Gasteiger partial charge in [-0.2, -0.15) is 0 Å². The third kappa shape index (κ3) is 4.45. The van der Waals surface area contributed by atoms with E-state index in [-0.39, 0.29) is 11.9 Å². The Kier molecular flexibility index (Phi) is 5.21. The summed E-state index contributed by atoms with van der Waals surface area (Å²) < 4.78 is 24.5. The van der Waals surface area contributed by atoms with Gasteiger partial charge >= 0.3 is 0 Å². The van der Waals surface area contributed by atoms with Gasteiger partial charge in [0.1, 0.15) is 10.7 Å². The number of hydrogen-bond donors (Lipinski definition) is 1. The quantitative estimate of drug-likeness (QED) is 0.884. The Morgan fingerprint density at radius 3 is 2.48 bits per heavy atom. The molecule has 1 fully saturated rings. The van der Waals surface area contributed by atoms with E-state index < -0.39 is 10.0 Å². The van der Waals surface area contributed by atoms with Crippen LogP contribution in [0, 0.1) is 6.92 Å². The third-order valence-electron chi connectivity index (χ3n) is 4.29. The lowest BCUT2D eigenvalue weighted by molar-refractivity contribution is 0.0919. The van der Waals surface area contributed by atoms with Crippen LogP contribution in [-0.2, 0) is 10.0 Å². The molecule has 2 heterocycles. The van der Waals surface area contributed by atoms with Gasteiger partial charge < -0.3 is 5.32 Å². The fourth-order valence-electron chi connectivity index (χ4n) is 2.80. The van der Waals surface area contributed by atoms with E-state index in [1.54, 1.807) is 5.38 Å². The van der Waals surface area contributed by atoms with Crippen molar-refractivity contribution in [2.24, 2.45) is 0 Å². The van der Waals surface area contributed by atoms with E-state index in [2.05, 4.69) is 10.3 Å². The van der Waals surface area contributed by atoms with Gasteiger partial charge in [0.15, 0.2) is 0 Å². The van der Waals surface area contributed by atoms with Gasteiger partial charge in [-0.15, -0.1) is 11.3 Å². The number of amides is 1. The Hall–Kier alpha value is -1.77. The second kappa shape index (κ2) is 7.23. The number of benzene rings is 1. The molecule has 1 aromatic carbocycles. The average molecular weight is 380 g/mol. The Bertz CT molecular complexity index is 852. The molecule has 0 saturated carbocycles. The highest BCUT2D eigenvalue weighted by Gasteiger charge is 2.26. The van der Waals surface area contributed by atoms with Crippen LogP contribution in [0.2, 0.25) is 0 Å². The lowest BCUT2D eigenvalue weighted by atomic mass is 10.1. The molecule has 1 N–H and O–H groups in total. The minimum atomic E-state index is -3.15. The van der Waals surface area contributed by atoms with Crippen molar-refractivity contribution in [3.8, 4) is 10.6 Å². The number of carbonyl (C=O) groups is 1. The van der Waals surface area contributed by atoms with Crippen LogP contribution >= 0.6 is 11.3 Å². The van der Waals surface area contributed by atoms with E-state index in [9.17, 15) is 13.2 Å². The molecule has 6 nitrogen and oxygen atoms in total. The van der Waals surface area contributed by atoms with Gasteiger partial charge in [0.2, 0.25) is 10.0 Å². The highest BCUT2D eigenvalue weighted by atomic mass is 32.2. The normalized spacial score (nSPS) is 16.7. The number of rotatable bonds is 4. The molecule has 0 atom stereocenters. The third-order valence-corrected chi connectivity index (χ3v) is 6.49. The molecule has 8 heteroatoms. The lowest BCUT2D eigenvalue weighted by Gasteiger charge is -2.30. The summed E-state index contributed by atoms with van der Waals surface area (Å²) in [6, 6.07) is 8.01. The second-order valence-corrected chi connectivity index (χ2v) is 9.15. The van der Waals surface area contributed by atoms with Gasteiger partial charge in [-0.3, -0.25) is 4.79 Å². The molecule has 25 heavy (non-hydrogen) atoms. The van der Waals surface area contributed by atoms with Crippen molar-refractivity contribution in [1.82, 2.24) is 14.6 Å². The predicted octanol–water partition coefficient (Wildman–Crippen LogP) is 2.27. The predicted molar refractivity (Wildman–Crippen MR) is 99.2 cm³/mol. The molecule has 0 bridgehead atoms. The molecule has 0 radical (unpaired) electrons. The van der Waals surface area contributed by atoms with Crippen LogP contribution in [0.4, 0.5) is 0 Å². The zero-order valence-corrected chi connectivity index (χ0v) is 15.9. The largest absolute Gasteiger partial charge is 0.348 e. The molecular weight excluding hydrogens is 358 g/mol. The summed E-state index contributed by atoms with van der Waals surface area (Å²) in [4.78, 5) is 16.8. The molecule has 2 aromatic rings. The maximum absolute atomic E-state index is 12.4. The second-order valence-electron chi connectivity index (χ2n) is 6.31. The van der Waals surface area contributed by atoms with Crippen molar-refractivity contribution in [3.63, 3.8) is 0 Å². The van der Waals surface area contributed by atoms with E-state index in [1.165, 1.54) is 27.5 Å². The first-order valence-corrected chi connectivity index (χ1v) is 10.8.